The monoisotopic (exact) mass is 392 g/mol. The SMILES string of the molecule is CCS[C@H]1OC[C@@H](OC(C)=O)[C@@H](OC(C)=O)[C@H](OC(C)=O)[C@H]1OC(C)=O. The summed E-state index contributed by atoms with van der Waals surface area (Å²) in [6, 6.07) is 0. The van der Waals surface area contributed by atoms with Crippen LogP contribution in [0.3, 0.4) is 0 Å². The maximum Gasteiger partial charge on any atom is 0.303 e. The summed E-state index contributed by atoms with van der Waals surface area (Å²) in [4.78, 5) is 46.2. The standard InChI is InChI=1S/C16H24O9S/c1-6-26-16-15(25-11(5)20)14(24-10(4)19)13(23-9(3)18)12(7-21-16)22-8(2)17/h12-16H,6-7H2,1-5H3/t12-,13-,14+,15-,16-/m1/s1. The molecule has 1 rings (SSSR count). The molecule has 0 aromatic heterocycles. The van der Waals surface area contributed by atoms with Gasteiger partial charge in [0.25, 0.3) is 0 Å². The Hall–Kier alpha value is -1.81. The van der Waals surface area contributed by atoms with E-state index < -0.39 is 53.7 Å². The highest BCUT2D eigenvalue weighted by Gasteiger charge is 2.49. The van der Waals surface area contributed by atoms with Crippen molar-refractivity contribution in [3.05, 3.63) is 0 Å². The molecule has 0 aromatic rings. The fraction of sp³-hybridized carbons (Fsp3) is 0.750. The van der Waals surface area contributed by atoms with Gasteiger partial charge in [0.2, 0.25) is 0 Å². The van der Waals surface area contributed by atoms with Crippen LogP contribution in [-0.4, -0.2) is 66.1 Å². The van der Waals surface area contributed by atoms with E-state index in [1.807, 2.05) is 6.92 Å². The van der Waals surface area contributed by atoms with E-state index in [4.69, 9.17) is 23.7 Å². The second-order valence-electron chi connectivity index (χ2n) is 5.53. The quantitative estimate of drug-likeness (QED) is 0.475. The van der Waals surface area contributed by atoms with Crippen LogP contribution < -0.4 is 0 Å². The smallest absolute Gasteiger partial charge is 0.303 e. The van der Waals surface area contributed by atoms with Gasteiger partial charge in [-0.25, -0.2) is 0 Å². The van der Waals surface area contributed by atoms with Gasteiger partial charge in [-0.1, -0.05) is 6.92 Å². The maximum atomic E-state index is 11.6. The third-order valence-corrected chi connectivity index (χ3v) is 4.33. The van der Waals surface area contributed by atoms with Crippen LogP contribution in [0.1, 0.15) is 34.6 Å². The van der Waals surface area contributed by atoms with E-state index in [0.717, 1.165) is 0 Å². The molecule has 0 saturated carbocycles. The summed E-state index contributed by atoms with van der Waals surface area (Å²) in [5.74, 6) is -1.97. The Labute approximate surface area is 156 Å². The maximum absolute atomic E-state index is 11.6. The van der Waals surface area contributed by atoms with Gasteiger partial charge in [0.05, 0.1) is 6.61 Å². The molecule has 10 heteroatoms. The molecule has 148 valence electrons. The van der Waals surface area contributed by atoms with Crippen LogP contribution in [0.4, 0.5) is 0 Å². The minimum absolute atomic E-state index is 0.120. The van der Waals surface area contributed by atoms with Crippen LogP contribution in [0.5, 0.6) is 0 Å². The number of carbonyl (C=O) groups is 4. The number of ether oxygens (including phenoxy) is 5. The molecule has 1 aliphatic rings. The number of hydrogen-bond acceptors (Lipinski definition) is 10. The van der Waals surface area contributed by atoms with Crippen molar-refractivity contribution in [2.24, 2.45) is 0 Å². The highest BCUT2D eigenvalue weighted by molar-refractivity contribution is 7.99. The third kappa shape index (κ3) is 6.83. The molecular weight excluding hydrogens is 368 g/mol. The van der Waals surface area contributed by atoms with Crippen molar-refractivity contribution in [2.45, 2.75) is 64.5 Å². The van der Waals surface area contributed by atoms with E-state index in [2.05, 4.69) is 0 Å². The second kappa shape index (κ2) is 10.4. The predicted molar refractivity (Wildman–Crippen MR) is 90.1 cm³/mol. The molecule has 0 aromatic carbocycles. The highest BCUT2D eigenvalue weighted by atomic mass is 32.2. The molecule has 0 bridgehead atoms. The predicted octanol–water partition coefficient (Wildman–Crippen LogP) is 0.823. The average Bonchev–Trinajstić information content (AvgIpc) is 2.60. The van der Waals surface area contributed by atoms with Gasteiger partial charge in [-0.15, -0.1) is 11.8 Å². The van der Waals surface area contributed by atoms with Gasteiger partial charge in [0.1, 0.15) is 5.44 Å². The largest absolute Gasteiger partial charge is 0.456 e. The summed E-state index contributed by atoms with van der Waals surface area (Å²) in [5.41, 5.74) is -0.702. The van der Waals surface area contributed by atoms with Crippen LogP contribution in [0.25, 0.3) is 0 Å². The van der Waals surface area contributed by atoms with Crippen molar-refractivity contribution < 1.29 is 42.9 Å². The Bertz CT molecular complexity index is 536. The molecule has 26 heavy (non-hydrogen) atoms. The van der Waals surface area contributed by atoms with Gasteiger partial charge in [-0.3, -0.25) is 19.2 Å². The Morgan fingerprint density at radius 3 is 1.73 bits per heavy atom. The molecule has 9 nitrogen and oxygen atoms in total. The first-order valence-corrected chi connectivity index (χ1v) is 9.12. The zero-order chi connectivity index (χ0) is 19.9. The van der Waals surface area contributed by atoms with Gasteiger partial charge in [0, 0.05) is 27.7 Å². The lowest BCUT2D eigenvalue weighted by Gasteiger charge is -2.33. The normalized spacial score (nSPS) is 28.4. The van der Waals surface area contributed by atoms with E-state index in [1.165, 1.54) is 39.5 Å². The van der Waals surface area contributed by atoms with Crippen molar-refractivity contribution >= 4 is 35.6 Å². The summed E-state index contributed by atoms with van der Waals surface area (Å²) in [7, 11) is 0. The van der Waals surface area contributed by atoms with Crippen molar-refractivity contribution in [1.82, 2.24) is 0 Å². The lowest BCUT2D eigenvalue weighted by molar-refractivity contribution is -0.194. The Morgan fingerprint density at radius 2 is 1.27 bits per heavy atom. The first kappa shape index (κ1) is 22.2. The molecule has 0 amide bonds. The fourth-order valence-electron chi connectivity index (χ4n) is 2.53. The summed E-state index contributed by atoms with van der Waals surface area (Å²) in [5, 5.41) is 0. The second-order valence-corrected chi connectivity index (χ2v) is 6.90. The van der Waals surface area contributed by atoms with Crippen molar-refractivity contribution in [2.75, 3.05) is 12.4 Å². The Balaban J connectivity index is 3.34. The lowest BCUT2D eigenvalue weighted by atomic mass is 10.0. The summed E-state index contributed by atoms with van der Waals surface area (Å²) >= 11 is 1.32. The van der Waals surface area contributed by atoms with E-state index in [1.54, 1.807) is 0 Å². The van der Waals surface area contributed by atoms with Crippen molar-refractivity contribution in [1.29, 1.82) is 0 Å². The van der Waals surface area contributed by atoms with Gasteiger partial charge >= 0.3 is 23.9 Å². The molecule has 5 atom stereocenters. The molecular formula is C16H24O9S. The summed E-state index contributed by atoms with van der Waals surface area (Å²) < 4.78 is 26.8. The van der Waals surface area contributed by atoms with Crippen molar-refractivity contribution in [3.8, 4) is 0 Å². The lowest BCUT2D eigenvalue weighted by Crippen LogP contribution is -2.52. The molecule has 1 aliphatic heterocycles. The number of rotatable bonds is 6. The van der Waals surface area contributed by atoms with Gasteiger partial charge in [0.15, 0.2) is 24.4 Å². The number of esters is 4. The first-order chi connectivity index (χ1) is 12.1. The summed E-state index contributed by atoms with van der Waals surface area (Å²) in [6.45, 7) is 6.49. The van der Waals surface area contributed by atoms with Gasteiger partial charge in [-0.2, -0.15) is 0 Å². The number of thioether (sulfide) groups is 1. The van der Waals surface area contributed by atoms with Crippen LogP contribution >= 0.6 is 11.8 Å². The van der Waals surface area contributed by atoms with E-state index in [0.29, 0.717) is 5.75 Å². The molecule has 0 radical (unpaired) electrons. The van der Waals surface area contributed by atoms with Gasteiger partial charge < -0.3 is 23.7 Å². The Morgan fingerprint density at radius 1 is 0.808 bits per heavy atom. The number of carbonyl (C=O) groups excluding carboxylic acids is 4. The zero-order valence-corrected chi connectivity index (χ0v) is 16.2. The van der Waals surface area contributed by atoms with E-state index in [9.17, 15) is 19.2 Å². The molecule has 1 heterocycles. The Kier molecular flexibility index (Phi) is 8.86. The summed E-state index contributed by atoms with van der Waals surface area (Å²) in [6.07, 6.45) is -4.46. The van der Waals surface area contributed by atoms with Crippen LogP contribution in [0.2, 0.25) is 0 Å². The molecule has 0 N–H and O–H groups in total. The molecule has 1 saturated heterocycles. The van der Waals surface area contributed by atoms with E-state index >= 15 is 0 Å². The van der Waals surface area contributed by atoms with Gasteiger partial charge in [-0.05, 0) is 5.75 Å². The average molecular weight is 392 g/mol. The number of hydrogen-bond donors (Lipinski definition) is 0. The highest BCUT2D eigenvalue weighted by Crippen LogP contribution is 2.31. The minimum Gasteiger partial charge on any atom is -0.456 e. The molecule has 0 spiro atoms. The molecule has 1 fully saturated rings. The zero-order valence-electron chi connectivity index (χ0n) is 15.4. The van der Waals surface area contributed by atoms with Crippen LogP contribution in [-0.2, 0) is 42.9 Å². The first-order valence-electron chi connectivity index (χ1n) is 8.07. The van der Waals surface area contributed by atoms with E-state index in [-0.39, 0.29) is 6.61 Å². The van der Waals surface area contributed by atoms with Crippen LogP contribution in [0.15, 0.2) is 0 Å². The molecule has 0 unspecified atom stereocenters. The fourth-order valence-corrected chi connectivity index (χ4v) is 3.43. The van der Waals surface area contributed by atoms with Crippen LogP contribution in [0, 0.1) is 0 Å². The topological polar surface area (TPSA) is 114 Å². The minimum atomic E-state index is -1.20. The third-order valence-electron chi connectivity index (χ3n) is 3.26. The van der Waals surface area contributed by atoms with Crippen molar-refractivity contribution in [3.63, 3.8) is 0 Å². The molecule has 0 aliphatic carbocycles.